The Balaban J connectivity index is 1.89. The first-order chi connectivity index (χ1) is 12.5. The summed E-state index contributed by atoms with van der Waals surface area (Å²) in [6.07, 6.45) is 6.46. The van der Waals surface area contributed by atoms with Crippen LogP contribution in [0, 0.1) is 5.92 Å². The molecule has 0 spiro atoms. The number of nitrogens with one attached hydrogen (secondary N) is 2. The van der Waals surface area contributed by atoms with Gasteiger partial charge in [0.2, 0.25) is 5.95 Å². The van der Waals surface area contributed by atoms with Crippen molar-refractivity contribution in [2.24, 2.45) is 5.92 Å². The molecule has 3 rings (SSSR count). The van der Waals surface area contributed by atoms with Crippen LogP contribution >= 0.6 is 0 Å². The maximum atomic E-state index is 9.49. The van der Waals surface area contributed by atoms with E-state index in [9.17, 15) is 5.11 Å². The Morgan fingerprint density at radius 3 is 2.50 bits per heavy atom. The number of aromatic nitrogens is 6. The number of hydrogen-bond donors (Lipinski definition) is 3. The third kappa shape index (κ3) is 3.72. The zero-order valence-electron chi connectivity index (χ0n) is 15.4. The number of hydrogen-bond acceptors (Lipinski definition) is 8. The largest absolute Gasteiger partial charge is 0.394 e. The Hall–Kier alpha value is -2.81. The molecule has 3 N–H and O–H groups in total. The average molecular weight is 356 g/mol. The molecule has 138 valence electrons. The van der Waals surface area contributed by atoms with Gasteiger partial charge in [0.1, 0.15) is 17.7 Å². The van der Waals surface area contributed by atoms with E-state index >= 15 is 0 Å². The molecule has 3 aromatic heterocycles. The SMILES string of the molecule is CC(C)[C@H](CO)Nc1cncc(Nc2nc3cncnc3n2C(C)C)n1. The van der Waals surface area contributed by atoms with E-state index in [4.69, 9.17) is 0 Å². The zero-order chi connectivity index (χ0) is 18.7. The van der Waals surface area contributed by atoms with Crippen LogP contribution in [0.15, 0.2) is 24.9 Å². The van der Waals surface area contributed by atoms with E-state index in [2.05, 4.69) is 49.4 Å². The Morgan fingerprint density at radius 1 is 1.04 bits per heavy atom. The van der Waals surface area contributed by atoms with E-state index in [-0.39, 0.29) is 24.6 Å². The third-order valence-electron chi connectivity index (χ3n) is 4.08. The van der Waals surface area contributed by atoms with Crippen molar-refractivity contribution in [1.82, 2.24) is 29.5 Å². The maximum Gasteiger partial charge on any atom is 0.211 e. The minimum absolute atomic E-state index is 0.0266. The van der Waals surface area contributed by atoms with Gasteiger partial charge < -0.3 is 15.7 Å². The number of fused-ring (bicyclic) bond motifs is 1. The van der Waals surface area contributed by atoms with Crippen LogP contribution in [0.3, 0.4) is 0 Å². The van der Waals surface area contributed by atoms with Crippen LogP contribution < -0.4 is 10.6 Å². The lowest BCUT2D eigenvalue weighted by molar-refractivity contribution is 0.249. The van der Waals surface area contributed by atoms with Crippen LogP contribution in [0.4, 0.5) is 17.6 Å². The molecule has 0 fully saturated rings. The molecule has 3 heterocycles. The first kappa shape index (κ1) is 18.0. The molecule has 9 nitrogen and oxygen atoms in total. The smallest absolute Gasteiger partial charge is 0.211 e. The summed E-state index contributed by atoms with van der Waals surface area (Å²) < 4.78 is 1.99. The fourth-order valence-corrected chi connectivity index (χ4v) is 2.65. The van der Waals surface area contributed by atoms with Crippen molar-refractivity contribution < 1.29 is 5.11 Å². The number of anilines is 3. The van der Waals surface area contributed by atoms with Crippen LogP contribution in [0.5, 0.6) is 0 Å². The Labute approximate surface area is 152 Å². The summed E-state index contributed by atoms with van der Waals surface area (Å²) in [5, 5.41) is 15.9. The normalized spacial score (nSPS) is 12.7. The molecular weight excluding hydrogens is 332 g/mol. The summed E-state index contributed by atoms with van der Waals surface area (Å²) >= 11 is 0. The lowest BCUT2D eigenvalue weighted by atomic mass is 10.1. The lowest BCUT2D eigenvalue weighted by Gasteiger charge is -2.20. The van der Waals surface area contributed by atoms with Crippen LogP contribution in [-0.2, 0) is 0 Å². The van der Waals surface area contributed by atoms with Gasteiger partial charge >= 0.3 is 0 Å². The van der Waals surface area contributed by atoms with Crippen LogP contribution in [0.25, 0.3) is 11.2 Å². The molecule has 0 amide bonds. The van der Waals surface area contributed by atoms with Gasteiger partial charge in [-0.15, -0.1) is 0 Å². The second kappa shape index (κ2) is 7.61. The molecule has 0 aromatic carbocycles. The minimum atomic E-state index is -0.0879. The van der Waals surface area contributed by atoms with Crippen molar-refractivity contribution in [3.63, 3.8) is 0 Å². The quantitative estimate of drug-likeness (QED) is 0.591. The molecular formula is C17H24N8O. The van der Waals surface area contributed by atoms with Gasteiger partial charge in [0, 0.05) is 6.04 Å². The van der Waals surface area contributed by atoms with Crippen LogP contribution in [0.2, 0.25) is 0 Å². The van der Waals surface area contributed by atoms with Crippen molar-refractivity contribution in [3.05, 3.63) is 24.9 Å². The van der Waals surface area contributed by atoms with E-state index in [0.717, 1.165) is 5.65 Å². The highest BCUT2D eigenvalue weighted by Crippen LogP contribution is 2.24. The summed E-state index contributed by atoms with van der Waals surface area (Å²) in [5.41, 5.74) is 1.48. The molecule has 0 radical (unpaired) electrons. The highest BCUT2D eigenvalue weighted by molar-refractivity contribution is 5.74. The fourth-order valence-electron chi connectivity index (χ4n) is 2.65. The number of imidazole rings is 1. The molecule has 9 heteroatoms. The number of aliphatic hydroxyl groups is 1. The average Bonchev–Trinajstić information content (AvgIpc) is 2.97. The monoisotopic (exact) mass is 356 g/mol. The van der Waals surface area contributed by atoms with Gasteiger partial charge in [-0.3, -0.25) is 9.55 Å². The summed E-state index contributed by atoms with van der Waals surface area (Å²) in [6, 6.07) is 0.0708. The van der Waals surface area contributed by atoms with Crippen LogP contribution in [-0.4, -0.2) is 47.2 Å². The first-order valence-corrected chi connectivity index (χ1v) is 8.64. The van der Waals surface area contributed by atoms with Crippen molar-refractivity contribution >= 4 is 28.7 Å². The summed E-state index contributed by atoms with van der Waals surface area (Å²) in [5.74, 6) is 2.04. The molecule has 0 saturated heterocycles. The Kier molecular flexibility index (Phi) is 5.27. The molecule has 0 unspecified atom stereocenters. The van der Waals surface area contributed by atoms with Gasteiger partial charge in [-0.25, -0.2) is 19.9 Å². The second-order valence-electron chi connectivity index (χ2n) is 6.72. The van der Waals surface area contributed by atoms with Crippen molar-refractivity contribution in [1.29, 1.82) is 0 Å². The highest BCUT2D eigenvalue weighted by Gasteiger charge is 2.16. The molecule has 1 atom stereocenters. The van der Waals surface area contributed by atoms with E-state index in [0.29, 0.717) is 23.1 Å². The molecule has 26 heavy (non-hydrogen) atoms. The minimum Gasteiger partial charge on any atom is -0.394 e. The van der Waals surface area contributed by atoms with Crippen molar-refractivity contribution in [2.75, 3.05) is 17.2 Å². The molecule has 0 aliphatic heterocycles. The topological polar surface area (TPSA) is 114 Å². The molecule has 0 aliphatic rings. The van der Waals surface area contributed by atoms with E-state index < -0.39 is 0 Å². The first-order valence-electron chi connectivity index (χ1n) is 8.64. The van der Waals surface area contributed by atoms with Gasteiger partial charge in [0.25, 0.3) is 0 Å². The zero-order valence-corrected chi connectivity index (χ0v) is 15.4. The predicted molar refractivity (Wildman–Crippen MR) is 100 cm³/mol. The van der Waals surface area contributed by atoms with Gasteiger partial charge in [-0.1, -0.05) is 13.8 Å². The maximum absolute atomic E-state index is 9.49. The number of rotatable bonds is 7. The second-order valence-corrected chi connectivity index (χ2v) is 6.72. The summed E-state index contributed by atoms with van der Waals surface area (Å²) in [6.45, 7) is 8.23. The summed E-state index contributed by atoms with van der Waals surface area (Å²) in [4.78, 5) is 21.7. The van der Waals surface area contributed by atoms with Gasteiger partial charge in [0.05, 0.1) is 31.2 Å². The van der Waals surface area contributed by atoms with Crippen LogP contribution in [0.1, 0.15) is 33.7 Å². The van der Waals surface area contributed by atoms with Gasteiger partial charge in [-0.05, 0) is 19.8 Å². The Morgan fingerprint density at radius 2 is 1.81 bits per heavy atom. The summed E-state index contributed by atoms with van der Waals surface area (Å²) in [7, 11) is 0. The third-order valence-corrected chi connectivity index (χ3v) is 4.08. The van der Waals surface area contributed by atoms with E-state index in [1.54, 1.807) is 18.6 Å². The molecule has 0 bridgehead atoms. The van der Waals surface area contributed by atoms with Gasteiger partial charge in [-0.2, -0.15) is 0 Å². The van der Waals surface area contributed by atoms with Crippen molar-refractivity contribution in [3.8, 4) is 0 Å². The van der Waals surface area contributed by atoms with E-state index in [1.807, 2.05) is 18.4 Å². The molecule has 0 aliphatic carbocycles. The Bertz CT molecular complexity index is 876. The standard InChI is InChI=1S/C17H24N8O/c1-10(2)13(8-26)21-14-6-18-7-15(23-14)24-17-22-12-5-19-9-20-16(12)25(17)11(3)4/h5-7,9-11,13,26H,8H2,1-4H3,(H2,21,22,23,24)/t13-/m0/s1. The number of nitrogens with zero attached hydrogens (tertiary/aromatic N) is 6. The van der Waals surface area contributed by atoms with Crippen molar-refractivity contribution in [2.45, 2.75) is 39.8 Å². The van der Waals surface area contributed by atoms with E-state index in [1.165, 1.54) is 6.33 Å². The molecule has 3 aromatic rings. The molecule has 0 saturated carbocycles. The number of aliphatic hydroxyl groups excluding tert-OH is 1. The lowest BCUT2D eigenvalue weighted by Crippen LogP contribution is -2.29. The predicted octanol–water partition coefficient (Wildman–Crippen LogP) is 2.37. The van der Waals surface area contributed by atoms with Gasteiger partial charge in [0.15, 0.2) is 11.5 Å². The fraction of sp³-hybridized carbons (Fsp3) is 0.471. The highest BCUT2D eigenvalue weighted by atomic mass is 16.3.